The van der Waals surface area contributed by atoms with Crippen molar-refractivity contribution in [2.75, 3.05) is 19.8 Å². The predicted octanol–water partition coefficient (Wildman–Crippen LogP) is 3.88. The number of nitrogens with two attached hydrogens (primary N) is 1. The Hall–Kier alpha value is -3.86. The largest absolute Gasteiger partial charge is 0.384 e. The molecule has 40 heavy (non-hydrogen) atoms. The van der Waals surface area contributed by atoms with Gasteiger partial charge in [0.15, 0.2) is 11.6 Å². The Bertz CT molecular complexity index is 1400. The maximum atomic E-state index is 13.4. The van der Waals surface area contributed by atoms with Gasteiger partial charge in [-0.25, -0.2) is 0 Å². The lowest BCUT2D eigenvalue weighted by atomic mass is 10.0. The highest BCUT2D eigenvalue weighted by Crippen LogP contribution is 2.36. The molecule has 2 amide bonds. The Balaban J connectivity index is 1.23. The van der Waals surface area contributed by atoms with Crippen LogP contribution in [0.5, 0.6) is 0 Å². The number of hydrogen-bond donors (Lipinski definition) is 3. The van der Waals surface area contributed by atoms with Crippen molar-refractivity contribution in [3.63, 3.8) is 0 Å². The van der Waals surface area contributed by atoms with Crippen molar-refractivity contribution < 1.29 is 23.9 Å². The highest BCUT2D eigenvalue weighted by molar-refractivity contribution is 7.10. The van der Waals surface area contributed by atoms with Gasteiger partial charge in [-0.15, -0.1) is 11.3 Å². The van der Waals surface area contributed by atoms with Gasteiger partial charge in [0, 0.05) is 40.6 Å². The molecule has 0 aliphatic carbocycles. The van der Waals surface area contributed by atoms with E-state index in [4.69, 9.17) is 20.6 Å². The number of nitrogens with one attached hydrogen (secondary N) is 2. The quantitative estimate of drug-likeness (QED) is 0.207. The number of rotatable bonds is 9. The Morgan fingerprint density at radius 3 is 2.38 bits per heavy atom. The van der Waals surface area contributed by atoms with Crippen molar-refractivity contribution in [3.8, 4) is 11.1 Å². The number of ether oxygens (including phenoxy) is 2. The molecule has 2 fully saturated rings. The topological polar surface area (TPSA) is 135 Å². The molecule has 3 heterocycles. The van der Waals surface area contributed by atoms with Crippen LogP contribution in [-0.4, -0.2) is 59.9 Å². The van der Waals surface area contributed by atoms with E-state index < -0.39 is 11.8 Å². The van der Waals surface area contributed by atoms with Crippen molar-refractivity contribution >= 4 is 34.8 Å². The standard InChI is InChI=1S/C30H32N4O5S/c1-19(26-15-23(17-40-26)28(31)32)33-29(37)24-16-30(38-13-14-39-30)18-34(24)27(36)12-11-25(35)22-9-7-21(8-10-22)20-5-3-2-4-6-20/h2-10,15,17,19,24H,11-14,16,18H2,1H3,(H3,31,32)(H,33,37)/t19-,24+/m1/s1. The number of carbonyl (C=O) groups excluding carboxylic acids is 3. The molecule has 0 unspecified atom stereocenters. The van der Waals surface area contributed by atoms with Gasteiger partial charge >= 0.3 is 0 Å². The predicted molar refractivity (Wildman–Crippen MR) is 152 cm³/mol. The van der Waals surface area contributed by atoms with Crippen LogP contribution in [-0.2, 0) is 19.1 Å². The summed E-state index contributed by atoms with van der Waals surface area (Å²) in [7, 11) is 0. The number of hydrogen-bond acceptors (Lipinski definition) is 7. The molecule has 208 valence electrons. The van der Waals surface area contributed by atoms with Gasteiger partial charge in [0.1, 0.15) is 11.9 Å². The second kappa shape index (κ2) is 11.7. The normalized spacial score (nSPS) is 18.5. The number of likely N-dealkylation sites (tertiary alicyclic amines) is 1. The molecule has 1 aromatic heterocycles. The highest BCUT2D eigenvalue weighted by Gasteiger charge is 2.52. The Labute approximate surface area is 236 Å². The molecule has 0 radical (unpaired) electrons. The van der Waals surface area contributed by atoms with Crippen LogP contribution in [0, 0.1) is 5.41 Å². The van der Waals surface area contributed by atoms with Gasteiger partial charge in [0.2, 0.25) is 11.8 Å². The third-order valence-corrected chi connectivity index (χ3v) is 8.44. The van der Waals surface area contributed by atoms with E-state index in [1.165, 1.54) is 16.2 Å². The molecule has 5 rings (SSSR count). The lowest BCUT2D eigenvalue weighted by Crippen LogP contribution is -2.46. The first kappa shape index (κ1) is 27.7. The molecule has 4 N–H and O–H groups in total. The molecule has 0 saturated carbocycles. The van der Waals surface area contributed by atoms with Gasteiger partial charge in [0.25, 0.3) is 0 Å². The van der Waals surface area contributed by atoms with E-state index in [0.717, 1.165) is 16.0 Å². The van der Waals surface area contributed by atoms with Crippen LogP contribution in [0.1, 0.15) is 53.0 Å². The lowest BCUT2D eigenvalue weighted by Gasteiger charge is -2.25. The first-order valence-corrected chi connectivity index (χ1v) is 14.1. The maximum Gasteiger partial charge on any atom is 0.243 e. The van der Waals surface area contributed by atoms with Crippen LogP contribution >= 0.6 is 11.3 Å². The van der Waals surface area contributed by atoms with E-state index >= 15 is 0 Å². The fraction of sp³-hybridized carbons (Fsp3) is 0.333. The number of Topliss-reactive ketones (excluding diaryl/α,β-unsaturated/α-hetero) is 1. The third-order valence-electron chi connectivity index (χ3n) is 7.32. The third kappa shape index (κ3) is 5.99. The Morgan fingerprint density at radius 1 is 1.05 bits per heavy atom. The van der Waals surface area contributed by atoms with Crippen molar-refractivity contribution in [3.05, 3.63) is 82.0 Å². The molecular weight excluding hydrogens is 528 g/mol. The van der Waals surface area contributed by atoms with Crippen LogP contribution in [0.25, 0.3) is 11.1 Å². The van der Waals surface area contributed by atoms with Crippen LogP contribution in [0.15, 0.2) is 66.0 Å². The summed E-state index contributed by atoms with van der Waals surface area (Å²) < 4.78 is 11.7. The van der Waals surface area contributed by atoms with E-state index in [9.17, 15) is 14.4 Å². The average molecular weight is 561 g/mol. The van der Waals surface area contributed by atoms with E-state index in [1.54, 1.807) is 23.6 Å². The van der Waals surface area contributed by atoms with E-state index in [0.29, 0.717) is 24.3 Å². The summed E-state index contributed by atoms with van der Waals surface area (Å²) in [6.45, 7) is 2.76. The molecule has 10 heteroatoms. The van der Waals surface area contributed by atoms with Crippen LogP contribution in [0.4, 0.5) is 0 Å². The SMILES string of the molecule is C[C@@H](NC(=O)[C@@H]1CC2(CN1C(=O)CCC(=O)c1ccc(-c3ccccc3)cc1)OCCO2)c1cc(C(=N)N)cs1. The first-order valence-electron chi connectivity index (χ1n) is 13.2. The molecule has 9 nitrogen and oxygen atoms in total. The van der Waals surface area contributed by atoms with Gasteiger partial charge < -0.3 is 25.4 Å². The molecule has 2 aliphatic heterocycles. The van der Waals surface area contributed by atoms with Crippen molar-refractivity contribution in [1.29, 1.82) is 5.41 Å². The number of ketones is 1. The van der Waals surface area contributed by atoms with Crippen molar-refractivity contribution in [2.45, 2.75) is 44.1 Å². The minimum Gasteiger partial charge on any atom is -0.384 e. The van der Waals surface area contributed by atoms with E-state index in [1.807, 2.05) is 49.4 Å². The summed E-state index contributed by atoms with van der Waals surface area (Å²) in [4.78, 5) is 42.0. The lowest BCUT2D eigenvalue weighted by molar-refractivity contribution is -0.152. The number of amidine groups is 1. The fourth-order valence-electron chi connectivity index (χ4n) is 5.13. The van der Waals surface area contributed by atoms with Crippen LogP contribution in [0.2, 0.25) is 0 Å². The highest BCUT2D eigenvalue weighted by atomic mass is 32.1. The summed E-state index contributed by atoms with van der Waals surface area (Å²) in [5.74, 6) is -1.80. The second-order valence-corrected chi connectivity index (χ2v) is 11.0. The average Bonchev–Trinajstić information content (AvgIpc) is 3.73. The smallest absolute Gasteiger partial charge is 0.243 e. The molecular formula is C30H32N4O5S. The summed E-state index contributed by atoms with van der Waals surface area (Å²) >= 11 is 1.40. The minimum absolute atomic E-state index is 0.0262. The van der Waals surface area contributed by atoms with Gasteiger partial charge in [-0.2, -0.15) is 0 Å². The first-order chi connectivity index (χ1) is 19.2. The van der Waals surface area contributed by atoms with Crippen molar-refractivity contribution in [1.82, 2.24) is 10.2 Å². The number of nitrogen functional groups attached to an aromatic ring is 1. The van der Waals surface area contributed by atoms with Crippen LogP contribution < -0.4 is 11.1 Å². The number of amides is 2. The Kier molecular flexibility index (Phi) is 8.11. The maximum absolute atomic E-state index is 13.4. The van der Waals surface area contributed by atoms with Crippen LogP contribution in [0.3, 0.4) is 0 Å². The minimum atomic E-state index is -1.01. The zero-order chi connectivity index (χ0) is 28.3. The zero-order valence-electron chi connectivity index (χ0n) is 22.2. The fourth-order valence-corrected chi connectivity index (χ4v) is 6.05. The molecule has 3 aromatic rings. The summed E-state index contributed by atoms with van der Waals surface area (Å²) in [5.41, 5.74) is 8.78. The van der Waals surface area contributed by atoms with E-state index in [2.05, 4.69) is 5.32 Å². The molecule has 2 saturated heterocycles. The molecule has 2 atom stereocenters. The summed E-state index contributed by atoms with van der Waals surface area (Å²) in [6, 6.07) is 17.9. The number of benzene rings is 2. The number of thiophene rings is 1. The summed E-state index contributed by atoms with van der Waals surface area (Å²) in [6.07, 6.45) is 0.222. The summed E-state index contributed by atoms with van der Waals surface area (Å²) in [5, 5.41) is 12.4. The number of carbonyl (C=O) groups is 3. The van der Waals surface area contributed by atoms with Gasteiger partial charge in [0.05, 0.1) is 25.8 Å². The molecule has 0 bridgehead atoms. The van der Waals surface area contributed by atoms with Crippen molar-refractivity contribution in [2.24, 2.45) is 5.73 Å². The molecule has 1 spiro atoms. The number of nitrogens with zero attached hydrogens (tertiary/aromatic N) is 1. The van der Waals surface area contributed by atoms with Gasteiger partial charge in [-0.1, -0.05) is 54.6 Å². The van der Waals surface area contributed by atoms with Gasteiger partial charge in [-0.05, 0) is 24.1 Å². The zero-order valence-corrected chi connectivity index (χ0v) is 23.0. The monoisotopic (exact) mass is 560 g/mol. The van der Waals surface area contributed by atoms with E-state index in [-0.39, 0.29) is 55.3 Å². The van der Waals surface area contributed by atoms with Gasteiger partial charge in [-0.3, -0.25) is 19.8 Å². The molecule has 2 aromatic carbocycles. The molecule has 2 aliphatic rings. The Morgan fingerprint density at radius 2 is 1.73 bits per heavy atom. The second-order valence-electron chi connectivity index (χ2n) is 10.1.